The summed E-state index contributed by atoms with van der Waals surface area (Å²) in [6.07, 6.45) is 3.82. The third kappa shape index (κ3) is 23.7. The maximum Gasteiger partial charge on any atom is 0.346 e. The van der Waals surface area contributed by atoms with E-state index in [9.17, 15) is 37.2 Å². The predicted octanol–water partition coefficient (Wildman–Crippen LogP) is 19.6. The van der Waals surface area contributed by atoms with Gasteiger partial charge in [-0.05, 0) is 115 Å². The second-order valence-electron chi connectivity index (χ2n) is 25.1. The molecule has 606 valence electrons. The zero-order chi connectivity index (χ0) is 85.5. The van der Waals surface area contributed by atoms with E-state index < -0.39 is 30.8 Å². The van der Waals surface area contributed by atoms with Gasteiger partial charge >= 0.3 is 11.9 Å². The number of ether oxygens (including phenoxy) is 1. The highest BCUT2D eigenvalue weighted by Crippen LogP contribution is 2.41. The number of carbonyl (C=O) groups excluding carboxylic acids is 2. The number of pyridine rings is 4. The summed E-state index contributed by atoms with van der Waals surface area (Å²) in [5.41, 5.74) is 26.3. The molecule has 0 saturated carbocycles. The Kier molecular flexibility index (Phi) is 36.2. The third-order valence-electron chi connectivity index (χ3n) is 18.1. The van der Waals surface area contributed by atoms with Crippen molar-refractivity contribution in [2.24, 2.45) is 5.73 Å². The van der Waals surface area contributed by atoms with Crippen LogP contribution in [0.5, 0.6) is 0 Å². The van der Waals surface area contributed by atoms with Crippen molar-refractivity contribution >= 4 is 96.4 Å². The van der Waals surface area contributed by atoms with Crippen LogP contribution in [0.3, 0.4) is 0 Å². The minimum Gasteiger partial charge on any atom is -0.389 e. The number of rotatable bonds is 2. The number of nitriles is 1. The van der Waals surface area contributed by atoms with Gasteiger partial charge in [-0.25, -0.2) is 18.1 Å². The Labute approximate surface area is 696 Å². The van der Waals surface area contributed by atoms with Gasteiger partial charge < -0.3 is 30.4 Å². The van der Waals surface area contributed by atoms with Crippen LogP contribution in [-0.4, -0.2) is 77.0 Å². The van der Waals surface area contributed by atoms with Crippen LogP contribution < -0.4 is 28.0 Å². The quantitative estimate of drug-likeness (QED) is 0.0204. The third-order valence-corrected chi connectivity index (χ3v) is 20.1. The van der Waals surface area contributed by atoms with Gasteiger partial charge in [0.15, 0.2) is 19.8 Å². The van der Waals surface area contributed by atoms with Crippen LogP contribution in [0.25, 0.3) is 93.0 Å². The number of cyclic esters (lactones) is 2. The number of nitrogens with zero attached hydrogens (tertiary/aromatic N) is 4. The molecule has 14 aromatic rings. The minimum absolute atomic E-state index is 0. The summed E-state index contributed by atoms with van der Waals surface area (Å²) in [5.74, 6) is -1.00. The van der Waals surface area contributed by atoms with Crippen LogP contribution in [-0.2, 0) is 56.0 Å². The molecular formula is C93H91BrClN9O13S. The van der Waals surface area contributed by atoms with E-state index in [4.69, 9.17) is 32.1 Å². The van der Waals surface area contributed by atoms with Crippen molar-refractivity contribution in [2.45, 2.75) is 86.4 Å². The number of alkyl halides is 1. The molecule has 0 fully saturated rings. The van der Waals surface area contributed by atoms with Gasteiger partial charge in [0.05, 0.1) is 53.2 Å². The molecule has 25 heteroatoms. The number of carbonyl (C=O) groups is 2. The molecule has 5 heterocycles. The second kappa shape index (κ2) is 45.7. The Morgan fingerprint density at radius 3 is 0.898 bits per heavy atom. The molecule has 0 bridgehead atoms. The van der Waals surface area contributed by atoms with E-state index >= 15 is 0 Å². The lowest BCUT2D eigenvalue weighted by atomic mass is 10.0. The Balaban J connectivity index is 0.000000210. The molecular weight excluding hydrogens is 1600 g/mol. The number of H-pyrrole nitrogens is 4. The highest BCUT2D eigenvalue weighted by atomic mass is 79.9. The van der Waals surface area contributed by atoms with E-state index in [0.717, 1.165) is 150 Å². The van der Waals surface area contributed by atoms with Crippen LogP contribution in [0.2, 0.25) is 0 Å². The number of fused-ring (bicyclic) bond motifs is 21. The highest BCUT2D eigenvalue weighted by Gasteiger charge is 2.27. The molecule has 4 aliphatic carbocycles. The van der Waals surface area contributed by atoms with Crippen molar-refractivity contribution < 1.29 is 32.6 Å². The number of nitrogens with two attached hydrogens (primary N) is 1. The summed E-state index contributed by atoms with van der Waals surface area (Å²) in [5, 5.41) is 33.1. The first kappa shape index (κ1) is 93.5. The van der Waals surface area contributed by atoms with E-state index in [1.165, 1.54) is 65.4 Å². The summed E-state index contributed by atoms with van der Waals surface area (Å²) < 4.78 is 24.0. The number of aromatic nitrogens is 4. The minimum atomic E-state index is -3.19. The SMILES string of the molecule is C.CC.CC.CC#N.CCS(=O)(=O)Cl.CN.C[N+](=O)[O-].C[N+](=O)[O-].O=C1Cc2ccccc2C(=O)O1.O=c1[nH]c2c(c3ccccc13)Cc1ccccc1-2.O=c1[nH]c2c(c3ccccc13)Cc1ccccc1-2.O=c1[nH]c2c(c3ccccc13)Cc1ccccc1-2.O=c1[nH]c2c(c3ccccc13)Cc1ccccc1-2.[C-]#[N+]c1ccccc1CBr. The number of aromatic amines is 4. The molecule has 0 amide bonds. The molecule has 0 spiro atoms. The van der Waals surface area contributed by atoms with Crippen molar-refractivity contribution in [3.8, 4) is 51.1 Å². The normalized spacial score (nSPS) is 11.1. The number of hydrogen-bond acceptors (Lipinski definition) is 15. The van der Waals surface area contributed by atoms with Crippen LogP contribution in [0, 0.1) is 38.1 Å². The maximum atomic E-state index is 12.1. The standard InChI is InChI=1S/4C16H11NO.C9H6O3.C8H6BrN.C2H5ClO2S.C2H3N.2C2H6.2CH3NO2.CH5N.CH4/c4*18-16-13-8-4-3-7-12(13)14-9-10-5-1-2-6-11(10)15(14)17-16;10-8-5-6-3-1-2-4-7(6)9(11)12-8;1-10-8-5-3-2-4-7(8)6-9;1-2-6(3,4)5;1-2-3;2*1-2;2*1-2(3)4;1-2;/h4*1-8H,9H2,(H,17,18);1-4H,5H2;2-5H,6H2;2H2,1H3;1H3;2*1-2H3;2*1H3;2H2,1H3;1H4. The van der Waals surface area contributed by atoms with E-state index in [1.54, 1.807) is 30.3 Å². The Hall–Kier alpha value is -13.4. The van der Waals surface area contributed by atoms with E-state index in [2.05, 4.69) is 110 Å². The van der Waals surface area contributed by atoms with Gasteiger partial charge in [-0.15, -0.1) is 0 Å². The summed E-state index contributed by atoms with van der Waals surface area (Å²) in [6.45, 7) is 17.7. The Bertz CT molecular complexity index is 5800. The van der Waals surface area contributed by atoms with E-state index in [1.807, 2.05) is 198 Å². The fourth-order valence-electron chi connectivity index (χ4n) is 13.4. The number of nitro groups is 2. The second-order valence-corrected chi connectivity index (χ2v) is 28.8. The van der Waals surface area contributed by atoms with Gasteiger partial charge in [0, 0.05) is 102 Å². The Morgan fingerprint density at radius 1 is 0.449 bits per heavy atom. The number of nitrogens with one attached hydrogen (secondary N) is 4. The van der Waals surface area contributed by atoms with Gasteiger partial charge in [-0.2, -0.15) is 5.26 Å². The molecule has 118 heavy (non-hydrogen) atoms. The molecule has 22 nitrogen and oxygen atoms in total. The lowest BCUT2D eigenvalue weighted by molar-refractivity contribution is -0.445. The van der Waals surface area contributed by atoms with Gasteiger partial charge in [0.1, 0.15) is 0 Å². The van der Waals surface area contributed by atoms with Crippen molar-refractivity contribution in [2.75, 3.05) is 26.9 Å². The summed E-state index contributed by atoms with van der Waals surface area (Å²) in [6, 6.07) is 80.6. The molecule has 1 aliphatic heterocycles. The lowest BCUT2D eigenvalue weighted by Gasteiger charge is -2.12. The van der Waals surface area contributed by atoms with Gasteiger partial charge in [-0.3, -0.25) is 44.2 Å². The smallest absolute Gasteiger partial charge is 0.346 e. The Morgan fingerprint density at radius 2 is 0.661 bits per heavy atom. The zero-order valence-corrected chi connectivity index (χ0v) is 69.0. The topological polar surface area (TPSA) is 349 Å². The summed E-state index contributed by atoms with van der Waals surface area (Å²) in [4.78, 5) is 102. The number of halogens is 2. The number of esters is 2. The van der Waals surface area contributed by atoms with Crippen LogP contribution in [0.4, 0.5) is 5.69 Å². The molecule has 6 N–H and O–H groups in total. The van der Waals surface area contributed by atoms with E-state index in [-0.39, 0.29) is 41.8 Å². The van der Waals surface area contributed by atoms with Crippen LogP contribution in [0.1, 0.15) is 115 Å². The van der Waals surface area contributed by atoms with Crippen molar-refractivity contribution in [3.63, 3.8) is 0 Å². The number of para-hydroxylation sites is 1. The average molecular weight is 1690 g/mol. The first-order valence-electron chi connectivity index (χ1n) is 37.2. The molecule has 0 saturated heterocycles. The van der Waals surface area contributed by atoms with E-state index in [0.29, 0.717) is 5.56 Å². The molecule has 10 aromatic carbocycles. The van der Waals surface area contributed by atoms with Gasteiger partial charge in [0.2, 0.25) is 9.05 Å². The van der Waals surface area contributed by atoms with Gasteiger partial charge in [0.25, 0.3) is 22.2 Å². The lowest BCUT2D eigenvalue weighted by Crippen LogP contribution is -2.22. The van der Waals surface area contributed by atoms with Crippen molar-refractivity contribution in [3.05, 3.63) is 377 Å². The fraction of sp³-hybridized carbons (Fsp3) is 0.183. The predicted molar refractivity (Wildman–Crippen MR) is 479 cm³/mol. The van der Waals surface area contributed by atoms with Crippen LogP contribution >= 0.6 is 26.6 Å². The van der Waals surface area contributed by atoms with Crippen molar-refractivity contribution in [1.82, 2.24) is 19.9 Å². The molecule has 4 aromatic heterocycles. The average Bonchev–Trinajstić information content (AvgIpc) is 1.61. The monoisotopic (exact) mass is 1690 g/mol. The first-order valence-corrected chi connectivity index (χ1v) is 40.8. The largest absolute Gasteiger partial charge is 0.389 e. The molecule has 0 unspecified atom stereocenters. The molecule has 19 rings (SSSR count). The highest BCUT2D eigenvalue weighted by molar-refractivity contribution is 9.08. The summed E-state index contributed by atoms with van der Waals surface area (Å²) >= 11 is 3.31. The van der Waals surface area contributed by atoms with Crippen molar-refractivity contribution in [1.29, 1.82) is 5.26 Å². The zero-order valence-electron chi connectivity index (χ0n) is 65.9. The number of hydrogen-bond donors (Lipinski definition) is 5. The number of benzene rings is 10. The summed E-state index contributed by atoms with van der Waals surface area (Å²) in [7, 11) is 4.78. The fourth-order valence-corrected chi connectivity index (χ4v) is 13.9. The maximum absolute atomic E-state index is 12.1. The van der Waals surface area contributed by atoms with Gasteiger partial charge in [-0.1, -0.05) is 270 Å². The molecule has 5 aliphatic rings. The van der Waals surface area contributed by atoms with Crippen LogP contribution in [0.15, 0.2) is 262 Å². The first-order chi connectivity index (χ1) is 56.5. The molecule has 0 atom stereocenters. The molecule has 0 radical (unpaired) electrons.